The maximum Gasteiger partial charge on any atom is 0.160 e. The van der Waals surface area contributed by atoms with E-state index in [1.165, 1.54) is 12.8 Å². The molecule has 0 heterocycles. The molecule has 23 heavy (non-hydrogen) atoms. The molecule has 2 unspecified atom stereocenters. The van der Waals surface area contributed by atoms with Crippen molar-refractivity contribution in [3.63, 3.8) is 0 Å². The van der Waals surface area contributed by atoms with E-state index in [4.69, 9.17) is 0 Å². The van der Waals surface area contributed by atoms with Crippen LogP contribution < -0.4 is 5.32 Å². The average Bonchev–Trinajstić information content (AvgIpc) is 2.84. The summed E-state index contributed by atoms with van der Waals surface area (Å²) in [5.41, 5.74) is 0.728. The summed E-state index contributed by atoms with van der Waals surface area (Å²) in [6.07, 6.45) is 9.32. The quantitative estimate of drug-likeness (QED) is 0.555. The Bertz CT molecular complexity index is 516. The highest BCUT2D eigenvalue weighted by atomic mass is 16.3. The third-order valence-electron chi connectivity index (χ3n) is 4.57. The van der Waals surface area contributed by atoms with Crippen molar-refractivity contribution in [2.24, 2.45) is 5.92 Å². The molecule has 1 aromatic rings. The number of nitrogens with one attached hydrogen (secondary N) is 1. The molecule has 1 saturated carbocycles. The van der Waals surface area contributed by atoms with E-state index in [0.717, 1.165) is 31.2 Å². The minimum Gasteiger partial charge on any atom is -0.508 e. The molecule has 2 rings (SSSR count). The molecule has 1 aliphatic carbocycles. The van der Waals surface area contributed by atoms with Crippen molar-refractivity contribution in [3.8, 4) is 5.75 Å². The predicted molar refractivity (Wildman–Crippen MR) is 91.0 cm³/mol. The fraction of sp³-hybridized carbons (Fsp3) is 0.526. The van der Waals surface area contributed by atoms with Crippen molar-refractivity contribution in [1.29, 1.82) is 0 Å². The van der Waals surface area contributed by atoms with E-state index >= 15 is 0 Å². The van der Waals surface area contributed by atoms with Crippen LogP contribution in [0, 0.1) is 5.92 Å². The lowest BCUT2D eigenvalue weighted by atomic mass is 9.95. The van der Waals surface area contributed by atoms with Crippen molar-refractivity contribution in [2.45, 2.75) is 57.6 Å². The molecule has 0 bridgehead atoms. The van der Waals surface area contributed by atoms with Crippen LogP contribution in [-0.4, -0.2) is 22.0 Å². The first-order valence-electron chi connectivity index (χ1n) is 8.51. The Morgan fingerprint density at radius 2 is 1.78 bits per heavy atom. The van der Waals surface area contributed by atoms with Gasteiger partial charge < -0.3 is 15.5 Å². The second kappa shape index (κ2) is 8.73. The fourth-order valence-corrected chi connectivity index (χ4v) is 3.03. The van der Waals surface area contributed by atoms with Gasteiger partial charge >= 0.3 is 0 Å². The first kappa shape index (κ1) is 17.5. The number of carbonyl (C=O) groups excluding carboxylic acids is 1. The molecule has 1 aliphatic rings. The fourth-order valence-electron chi connectivity index (χ4n) is 3.03. The molecule has 0 aliphatic heterocycles. The number of rotatable bonds is 6. The molecule has 0 saturated heterocycles. The van der Waals surface area contributed by atoms with Crippen molar-refractivity contribution < 1.29 is 15.0 Å². The molecular weight excluding hydrogens is 290 g/mol. The van der Waals surface area contributed by atoms with Crippen molar-refractivity contribution in [1.82, 2.24) is 5.32 Å². The number of ketones is 1. The Morgan fingerprint density at radius 1 is 1.17 bits per heavy atom. The number of phenols is 1. The lowest BCUT2D eigenvalue weighted by Crippen LogP contribution is -2.28. The van der Waals surface area contributed by atoms with Gasteiger partial charge in [0.05, 0.1) is 12.1 Å². The number of allylic oxidation sites excluding steroid dienone is 1. The van der Waals surface area contributed by atoms with Crippen LogP contribution >= 0.6 is 0 Å². The summed E-state index contributed by atoms with van der Waals surface area (Å²) in [4.78, 5) is 12.2. The molecule has 0 radical (unpaired) electrons. The number of hydrogen-bond donors (Lipinski definition) is 3. The van der Waals surface area contributed by atoms with Gasteiger partial charge in [-0.3, -0.25) is 4.79 Å². The van der Waals surface area contributed by atoms with Gasteiger partial charge in [0.2, 0.25) is 0 Å². The van der Waals surface area contributed by atoms with Gasteiger partial charge in [0.15, 0.2) is 5.78 Å². The number of benzene rings is 1. The SMILES string of the molecule is CC(N/C=C/C(=O)C1CCCCCC1)C(O)c1ccc(O)cc1. The van der Waals surface area contributed by atoms with Gasteiger partial charge in [-0.2, -0.15) is 0 Å². The van der Waals surface area contributed by atoms with Crippen LogP contribution in [0.1, 0.15) is 57.1 Å². The predicted octanol–water partition coefficient (Wildman–Crippen LogP) is 3.46. The van der Waals surface area contributed by atoms with Crippen molar-refractivity contribution in [2.75, 3.05) is 0 Å². The van der Waals surface area contributed by atoms with Gasteiger partial charge in [0.25, 0.3) is 0 Å². The van der Waals surface area contributed by atoms with Crippen LogP contribution in [-0.2, 0) is 4.79 Å². The molecular formula is C19H27NO3. The Balaban J connectivity index is 1.83. The van der Waals surface area contributed by atoms with Crippen LogP contribution in [0.5, 0.6) is 5.75 Å². The van der Waals surface area contributed by atoms with Gasteiger partial charge in [-0.25, -0.2) is 0 Å². The summed E-state index contributed by atoms with van der Waals surface area (Å²) >= 11 is 0. The van der Waals surface area contributed by atoms with Crippen LogP contribution in [0.3, 0.4) is 0 Å². The van der Waals surface area contributed by atoms with Crippen LogP contribution in [0.4, 0.5) is 0 Å². The first-order valence-corrected chi connectivity index (χ1v) is 8.51. The summed E-state index contributed by atoms with van der Waals surface area (Å²) in [5, 5.41) is 22.6. The van der Waals surface area contributed by atoms with E-state index in [1.54, 1.807) is 36.5 Å². The smallest absolute Gasteiger partial charge is 0.160 e. The summed E-state index contributed by atoms with van der Waals surface area (Å²) in [5.74, 6) is 0.522. The van der Waals surface area contributed by atoms with E-state index in [0.29, 0.717) is 0 Å². The maximum atomic E-state index is 12.2. The lowest BCUT2D eigenvalue weighted by Gasteiger charge is -2.19. The zero-order valence-electron chi connectivity index (χ0n) is 13.7. The maximum absolute atomic E-state index is 12.2. The second-order valence-electron chi connectivity index (χ2n) is 6.42. The van der Waals surface area contributed by atoms with E-state index < -0.39 is 6.10 Å². The second-order valence-corrected chi connectivity index (χ2v) is 6.42. The number of hydrogen-bond acceptors (Lipinski definition) is 4. The van der Waals surface area contributed by atoms with Crippen molar-refractivity contribution >= 4 is 5.78 Å². The monoisotopic (exact) mass is 317 g/mol. The minimum absolute atomic E-state index is 0.160. The molecule has 126 valence electrons. The zero-order chi connectivity index (χ0) is 16.7. The Morgan fingerprint density at radius 3 is 2.39 bits per heavy atom. The highest BCUT2D eigenvalue weighted by molar-refractivity contribution is 5.91. The third-order valence-corrected chi connectivity index (χ3v) is 4.57. The first-order chi connectivity index (χ1) is 11.1. The number of aliphatic hydroxyl groups is 1. The van der Waals surface area contributed by atoms with Crippen molar-refractivity contribution in [3.05, 3.63) is 42.1 Å². The van der Waals surface area contributed by atoms with Crippen LogP contribution in [0.2, 0.25) is 0 Å². The zero-order valence-corrected chi connectivity index (χ0v) is 13.7. The van der Waals surface area contributed by atoms with Gasteiger partial charge in [-0.1, -0.05) is 37.8 Å². The third kappa shape index (κ3) is 5.39. The highest BCUT2D eigenvalue weighted by Gasteiger charge is 2.18. The molecule has 0 spiro atoms. The highest BCUT2D eigenvalue weighted by Crippen LogP contribution is 2.24. The van der Waals surface area contributed by atoms with Gasteiger partial charge in [0.1, 0.15) is 5.75 Å². The topological polar surface area (TPSA) is 69.6 Å². The molecule has 1 aromatic carbocycles. The summed E-state index contributed by atoms with van der Waals surface area (Å²) in [7, 11) is 0. The van der Waals surface area contributed by atoms with Crippen LogP contribution in [0.25, 0.3) is 0 Å². The van der Waals surface area contributed by atoms with E-state index in [9.17, 15) is 15.0 Å². The summed E-state index contributed by atoms with van der Waals surface area (Å²) in [6, 6.07) is 6.27. The van der Waals surface area contributed by atoms with E-state index in [1.807, 2.05) is 6.92 Å². The van der Waals surface area contributed by atoms with E-state index in [-0.39, 0.29) is 23.5 Å². The number of phenolic OH excluding ortho intramolecular Hbond substituents is 1. The Kier molecular flexibility index (Phi) is 6.66. The summed E-state index contributed by atoms with van der Waals surface area (Å²) < 4.78 is 0. The molecule has 4 heteroatoms. The Hall–Kier alpha value is -1.81. The van der Waals surface area contributed by atoms with Crippen LogP contribution in [0.15, 0.2) is 36.5 Å². The molecule has 0 aromatic heterocycles. The molecule has 3 N–H and O–H groups in total. The molecule has 1 fully saturated rings. The minimum atomic E-state index is -0.701. The lowest BCUT2D eigenvalue weighted by molar-refractivity contribution is -0.118. The summed E-state index contributed by atoms with van der Waals surface area (Å²) in [6.45, 7) is 1.86. The van der Waals surface area contributed by atoms with E-state index in [2.05, 4.69) is 5.32 Å². The average molecular weight is 317 g/mol. The number of carbonyl (C=O) groups is 1. The molecule has 4 nitrogen and oxygen atoms in total. The van der Waals surface area contributed by atoms with Gasteiger partial charge in [-0.05, 0) is 43.5 Å². The molecule has 0 amide bonds. The largest absolute Gasteiger partial charge is 0.508 e. The number of aliphatic hydroxyl groups excluding tert-OH is 1. The van der Waals surface area contributed by atoms with Gasteiger partial charge in [0, 0.05) is 12.1 Å². The number of aromatic hydroxyl groups is 1. The Labute approximate surface area is 138 Å². The van der Waals surface area contributed by atoms with Gasteiger partial charge in [-0.15, -0.1) is 0 Å². The normalized spacial score (nSPS) is 19.2. The standard InChI is InChI=1S/C19H27NO3/c1-14(19(23)16-8-10-17(21)11-9-16)20-13-12-18(22)15-6-4-2-3-5-7-15/h8-15,19-21,23H,2-7H2,1H3/b13-12+. The molecule has 2 atom stereocenters.